The topological polar surface area (TPSA) is 86.7 Å². The molecule has 0 aromatic carbocycles. The predicted octanol–water partition coefficient (Wildman–Crippen LogP) is 2.81. The maximum Gasteiger partial charge on any atom is 0.306 e. The number of rotatable bonds is 18. The molecule has 0 amide bonds. The molecular formula is C22H43NO5. The summed E-state index contributed by atoms with van der Waals surface area (Å²) in [6.45, 7) is 2.62. The summed E-state index contributed by atoms with van der Waals surface area (Å²) in [5.74, 6) is -1.52. The number of unbranched alkanes of at least 4 members (excludes halogenated alkanes) is 7. The van der Waals surface area contributed by atoms with Crippen LogP contribution in [0.25, 0.3) is 0 Å². The number of aliphatic carboxylic acids is 1. The molecule has 0 aromatic rings. The van der Waals surface area contributed by atoms with E-state index in [9.17, 15) is 19.8 Å². The summed E-state index contributed by atoms with van der Waals surface area (Å²) in [4.78, 5) is 22.8. The standard InChI is InChI=1S/C22H43NO5/c1-5-6-11-14-19(24)15-12-9-7-8-10-13-16-22(27)28-20(17-21(25)26)18-23(2,3)4/h19-20,24H,5-18H2,1-4H3. The number of carboxylic acids is 1. The number of carbonyl (C=O) groups is 2. The van der Waals surface area contributed by atoms with Gasteiger partial charge < -0.3 is 24.2 Å². The molecule has 0 rings (SSSR count). The summed E-state index contributed by atoms with van der Waals surface area (Å²) in [5, 5.41) is 20.7. The van der Waals surface area contributed by atoms with E-state index in [1.807, 2.05) is 21.1 Å². The molecule has 0 bridgehead atoms. The van der Waals surface area contributed by atoms with Gasteiger partial charge in [0, 0.05) is 18.8 Å². The van der Waals surface area contributed by atoms with Gasteiger partial charge >= 0.3 is 5.97 Å². The minimum Gasteiger partial charge on any atom is -0.550 e. The van der Waals surface area contributed by atoms with Gasteiger partial charge in [-0.25, -0.2) is 0 Å². The number of aliphatic hydroxyl groups is 1. The molecule has 2 unspecified atom stereocenters. The van der Waals surface area contributed by atoms with Crippen LogP contribution in [-0.2, 0) is 14.3 Å². The van der Waals surface area contributed by atoms with Crippen LogP contribution in [0.4, 0.5) is 0 Å². The highest BCUT2D eigenvalue weighted by Gasteiger charge is 2.22. The highest BCUT2D eigenvalue weighted by Crippen LogP contribution is 2.14. The fourth-order valence-electron chi connectivity index (χ4n) is 3.32. The van der Waals surface area contributed by atoms with Crippen molar-refractivity contribution in [1.29, 1.82) is 0 Å². The van der Waals surface area contributed by atoms with Gasteiger partial charge in [-0.15, -0.1) is 0 Å². The van der Waals surface area contributed by atoms with Crippen molar-refractivity contribution >= 4 is 11.9 Å². The molecule has 0 aliphatic rings. The fraction of sp³-hybridized carbons (Fsp3) is 0.909. The summed E-state index contributed by atoms with van der Waals surface area (Å²) in [6.07, 6.45) is 10.7. The molecule has 0 heterocycles. The third kappa shape index (κ3) is 18.2. The van der Waals surface area contributed by atoms with E-state index in [1.165, 1.54) is 12.8 Å². The van der Waals surface area contributed by atoms with Crippen LogP contribution in [0.15, 0.2) is 0 Å². The van der Waals surface area contributed by atoms with E-state index in [1.54, 1.807) is 0 Å². The molecule has 0 fully saturated rings. The van der Waals surface area contributed by atoms with E-state index in [2.05, 4.69) is 6.92 Å². The zero-order chi connectivity index (χ0) is 21.4. The van der Waals surface area contributed by atoms with Crippen molar-refractivity contribution in [3.05, 3.63) is 0 Å². The van der Waals surface area contributed by atoms with Crippen molar-refractivity contribution in [2.45, 2.75) is 103 Å². The van der Waals surface area contributed by atoms with E-state index < -0.39 is 12.1 Å². The van der Waals surface area contributed by atoms with Crippen LogP contribution in [0.2, 0.25) is 0 Å². The van der Waals surface area contributed by atoms with Crippen LogP contribution in [0.1, 0.15) is 90.4 Å². The lowest BCUT2D eigenvalue weighted by Crippen LogP contribution is -2.45. The van der Waals surface area contributed by atoms with Gasteiger partial charge in [-0.1, -0.05) is 58.3 Å². The smallest absolute Gasteiger partial charge is 0.306 e. The molecule has 6 heteroatoms. The molecule has 0 aliphatic carbocycles. The molecule has 0 aromatic heterocycles. The van der Waals surface area contributed by atoms with Crippen LogP contribution in [0.5, 0.6) is 0 Å². The van der Waals surface area contributed by atoms with E-state index >= 15 is 0 Å². The van der Waals surface area contributed by atoms with Gasteiger partial charge in [-0.05, 0) is 19.3 Å². The van der Waals surface area contributed by atoms with Crippen LogP contribution >= 0.6 is 0 Å². The Kier molecular flexibility index (Phi) is 15.1. The van der Waals surface area contributed by atoms with E-state index in [-0.39, 0.29) is 18.5 Å². The maximum absolute atomic E-state index is 12.0. The summed E-state index contributed by atoms with van der Waals surface area (Å²) in [5.41, 5.74) is 0. The minimum atomic E-state index is -1.19. The van der Waals surface area contributed by atoms with Gasteiger partial charge in [0.1, 0.15) is 6.54 Å². The van der Waals surface area contributed by atoms with Gasteiger partial charge in [-0.2, -0.15) is 0 Å². The first-order valence-corrected chi connectivity index (χ1v) is 11.0. The number of carbonyl (C=O) groups excluding carboxylic acids is 2. The molecule has 0 spiro atoms. The van der Waals surface area contributed by atoms with Gasteiger partial charge in [0.15, 0.2) is 6.10 Å². The Balaban J connectivity index is 3.75. The Morgan fingerprint density at radius 3 is 2.00 bits per heavy atom. The van der Waals surface area contributed by atoms with E-state index in [4.69, 9.17) is 4.74 Å². The average Bonchev–Trinajstić information content (AvgIpc) is 2.55. The van der Waals surface area contributed by atoms with Crippen LogP contribution in [-0.4, -0.2) is 61.4 Å². The zero-order valence-electron chi connectivity index (χ0n) is 18.6. The van der Waals surface area contributed by atoms with Crippen LogP contribution < -0.4 is 5.11 Å². The van der Waals surface area contributed by atoms with E-state index in [0.29, 0.717) is 17.4 Å². The second-order valence-electron chi connectivity index (χ2n) is 8.97. The quantitative estimate of drug-likeness (QED) is 0.217. The first kappa shape index (κ1) is 26.9. The molecule has 0 radical (unpaired) electrons. The summed E-state index contributed by atoms with van der Waals surface area (Å²) in [7, 11) is 5.79. The third-order valence-electron chi connectivity index (χ3n) is 4.75. The number of hydrogen-bond donors (Lipinski definition) is 1. The van der Waals surface area contributed by atoms with Crippen molar-refractivity contribution in [2.24, 2.45) is 0 Å². The monoisotopic (exact) mass is 401 g/mol. The first-order chi connectivity index (χ1) is 13.1. The lowest BCUT2D eigenvalue weighted by Gasteiger charge is -2.29. The largest absolute Gasteiger partial charge is 0.550 e. The predicted molar refractivity (Wildman–Crippen MR) is 109 cm³/mol. The van der Waals surface area contributed by atoms with Gasteiger partial charge in [0.05, 0.1) is 27.2 Å². The molecule has 1 N–H and O–H groups in total. The number of esters is 1. The number of quaternary nitrogens is 1. The second-order valence-corrected chi connectivity index (χ2v) is 8.97. The molecule has 6 nitrogen and oxygen atoms in total. The van der Waals surface area contributed by atoms with Crippen molar-refractivity contribution in [3.63, 3.8) is 0 Å². The Hall–Kier alpha value is -1.14. The summed E-state index contributed by atoms with van der Waals surface area (Å²) in [6, 6.07) is 0. The average molecular weight is 402 g/mol. The molecule has 0 aliphatic heterocycles. The molecule has 166 valence electrons. The molecule has 28 heavy (non-hydrogen) atoms. The maximum atomic E-state index is 12.0. The number of nitrogens with zero attached hydrogens (tertiary/aromatic N) is 1. The Morgan fingerprint density at radius 2 is 1.46 bits per heavy atom. The van der Waals surface area contributed by atoms with Crippen molar-refractivity contribution in [1.82, 2.24) is 0 Å². The van der Waals surface area contributed by atoms with Crippen LogP contribution in [0, 0.1) is 0 Å². The van der Waals surface area contributed by atoms with Crippen molar-refractivity contribution < 1.29 is 29.0 Å². The fourth-order valence-corrected chi connectivity index (χ4v) is 3.32. The van der Waals surface area contributed by atoms with Crippen LogP contribution in [0.3, 0.4) is 0 Å². The lowest BCUT2D eigenvalue weighted by atomic mass is 10.0. The molecule has 2 atom stereocenters. The highest BCUT2D eigenvalue weighted by molar-refractivity contribution is 5.70. The highest BCUT2D eigenvalue weighted by atomic mass is 16.5. The normalized spacial score (nSPS) is 13.9. The van der Waals surface area contributed by atoms with Gasteiger partial charge in [0.25, 0.3) is 0 Å². The van der Waals surface area contributed by atoms with Gasteiger partial charge in [-0.3, -0.25) is 4.79 Å². The van der Waals surface area contributed by atoms with Gasteiger partial charge in [0.2, 0.25) is 0 Å². The summed E-state index contributed by atoms with van der Waals surface area (Å²) >= 11 is 0. The Bertz CT molecular complexity index is 420. The molecule has 0 saturated heterocycles. The minimum absolute atomic E-state index is 0.151. The lowest BCUT2D eigenvalue weighted by molar-refractivity contribution is -0.873. The second kappa shape index (κ2) is 15.7. The summed E-state index contributed by atoms with van der Waals surface area (Å²) < 4.78 is 5.87. The first-order valence-electron chi connectivity index (χ1n) is 11.0. The van der Waals surface area contributed by atoms with Crippen molar-refractivity contribution in [2.75, 3.05) is 27.7 Å². The number of aliphatic hydroxyl groups excluding tert-OH is 1. The zero-order valence-corrected chi connectivity index (χ0v) is 18.6. The number of ether oxygens (including phenoxy) is 1. The SMILES string of the molecule is CCCCCC(O)CCCCCCCCC(=O)OC(CC(=O)[O-])C[N+](C)(C)C. The number of likely N-dealkylation sites (N-methyl/N-ethyl adjacent to an activating group) is 1. The third-order valence-corrected chi connectivity index (χ3v) is 4.75. The molecular weight excluding hydrogens is 358 g/mol. The Labute approximate surface area is 171 Å². The number of hydrogen-bond acceptors (Lipinski definition) is 5. The number of carboxylic acid groups (broad SMARTS) is 1. The van der Waals surface area contributed by atoms with Crippen molar-refractivity contribution in [3.8, 4) is 0 Å². The Morgan fingerprint density at radius 1 is 0.929 bits per heavy atom. The van der Waals surface area contributed by atoms with E-state index in [0.717, 1.165) is 57.8 Å². The molecule has 0 saturated carbocycles.